The number of hydrogen-bond donors (Lipinski definition) is 4. The number of ether oxygens (including phenoxy) is 2. The molecule has 4 amide bonds. The highest BCUT2D eigenvalue weighted by Gasteiger charge is 1.98. The summed E-state index contributed by atoms with van der Waals surface area (Å²) < 4.78 is 10.6. The van der Waals surface area contributed by atoms with E-state index in [2.05, 4.69) is 21.3 Å². The monoisotopic (exact) mass is 318 g/mol. The van der Waals surface area contributed by atoms with E-state index in [1.54, 1.807) is 0 Å². The third kappa shape index (κ3) is 14.9. The summed E-state index contributed by atoms with van der Waals surface area (Å²) in [6.45, 7) is 8.08. The third-order valence-corrected chi connectivity index (χ3v) is 2.51. The number of carbonyl (C=O) groups excluding carboxylic acids is 2. The van der Waals surface area contributed by atoms with Crippen molar-refractivity contribution in [1.82, 2.24) is 21.3 Å². The van der Waals surface area contributed by atoms with E-state index in [4.69, 9.17) is 9.47 Å². The van der Waals surface area contributed by atoms with E-state index < -0.39 is 0 Å². The average molecular weight is 318 g/mol. The van der Waals surface area contributed by atoms with Crippen molar-refractivity contribution in [3.05, 3.63) is 0 Å². The Morgan fingerprint density at radius 2 is 1.00 bits per heavy atom. The van der Waals surface area contributed by atoms with Gasteiger partial charge in [0.05, 0.1) is 26.4 Å². The lowest BCUT2D eigenvalue weighted by Crippen LogP contribution is -2.38. The molecule has 0 aliphatic carbocycles. The van der Waals surface area contributed by atoms with Crippen LogP contribution in [0.15, 0.2) is 0 Å². The van der Waals surface area contributed by atoms with Crippen LogP contribution in [0, 0.1) is 0 Å². The molecule has 0 fully saturated rings. The highest BCUT2D eigenvalue weighted by molar-refractivity contribution is 5.74. The Morgan fingerprint density at radius 1 is 0.636 bits per heavy atom. The molecule has 4 N–H and O–H groups in total. The zero-order chi connectivity index (χ0) is 16.5. The zero-order valence-corrected chi connectivity index (χ0v) is 13.7. The summed E-state index contributed by atoms with van der Waals surface area (Å²) in [6, 6.07) is -0.344. The number of rotatable bonds is 13. The maximum absolute atomic E-state index is 11.2. The molecular weight excluding hydrogens is 288 g/mol. The molecule has 0 saturated carbocycles. The van der Waals surface area contributed by atoms with Crippen LogP contribution in [0.25, 0.3) is 0 Å². The molecule has 0 heterocycles. The van der Waals surface area contributed by atoms with Crippen molar-refractivity contribution in [1.29, 1.82) is 0 Å². The second-order valence-electron chi connectivity index (χ2n) is 4.59. The minimum absolute atomic E-state index is 0.172. The average Bonchev–Trinajstić information content (AvgIpc) is 2.52. The Hall–Kier alpha value is -1.54. The predicted octanol–water partition coefficient (Wildman–Crippen LogP) is 0.438. The van der Waals surface area contributed by atoms with Crippen LogP contribution in [0.5, 0.6) is 0 Å². The summed E-state index contributed by atoms with van der Waals surface area (Å²) in [4.78, 5) is 22.4. The van der Waals surface area contributed by atoms with E-state index in [0.717, 1.165) is 12.8 Å². The van der Waals surface area contributed by atoms with E-state index in [1.165, 1.54) is 0 Å². The van der Waals surface area contributed by atoms with Crippen molar-refractivity contribution in [2.24, 2.45) is 0 Å². The molecule has 0 unspecified atom stereocenters. The standard InChI is InChI=1S/C14H30N4O4/c1-3-5-15-13(19)17-7-9-21-11-12-22-10-8-18-14(20)16-6-4-2/h3-12H2,1-2H3,(H2,15,17,19)(H2,16,18,20). The lowest BCUT2D eigenvalue weighted by Gasteiger charge is -2.09. The second kappa shape index (κ2) is 15.8. The summed E-state index contributed by atoms with van der Waals surface area (Å²) in [5.41, 5.74) is 0. The van der Waals surface area contributed by atoms with Crippen LogP contribution >= 0.6 is 0 Å². The van der Waals surface area contributed by atoms with Gasteiger partial charge in [-0.3, -0.25) is 0 Å². The van der Waals surface area contributed by atoms with Gasteiger partial charge in [-0.2, -0.15) is 0 Å². The van der Waals surface area contributed by atoms with Crippen LogP contribution < -0.4 is 21.3 Å². The van der Waals surface area contributed by atoms with E-state index in [9.17, 15) is 9.59 Å². The quantitative estimate of drug-likeness (QED) is 0.370. The fraction of sp³-hybridized carbons (Fsp3) is 0.857. The van der Waals surface area contributed by atoms with Gasteiger partial charge in [0.1, 0.15) is 0 Å². The first-order valence-corrected chi connectivity index (χ1v) is 7.89. The Balaban J connectivity index is 3.17. The maximum atomic E-state index is 11.2. The summed E-state index contributed by atoms with van der Waals surface area (Å²) in [5.74, 6) is 0. The van der Waals surface area contributed by atoms with Gasteiger partial charge in [-0.25, -0.2) is 9.59 Å². The van der Waals surface area contributed by atoms with E-state index in [1.807, 2.05) is 13.8 Å². The smallest absolute Gasteiger partial charge is 0.314 e. The van der Waals surface area contributed by atoms with Crippen molar-refractivity contribution in [3.63, 3.8) is 0 Å². The maximum Gasteiger partial charge on any atom is 0.314 e. The molecule has 0 saturated heterocycles. The van der Waals surface area contributed by atoms with Crippen LogP contribution in [0.3, 0.4) is 0 Å². The Labute approximate surface area is 132 Å². The molecule has 0 radical (unpaired) electrons. The van der Waals surface area contributed by atoms with Gasteiger partial charge < -0.3 is 30.7 Å². The van der Waals surface area contributed by atoms with Gasteiger partial charge in [0, 0.05) is 26.2 Å². The topological polar surface area (TPSA) is 101 Å². The lowest BCUT2D eigenvalue weighted by molar-refractivity contribution is 0.0510. The van der Waals surface area contributed by atoms with Crippen molar-refractivity contribution in [2.45, 2.75) is 26.7 Å². The summed E-state index contributed by atoms with van der Waals surface area (Å²) in [6.07, 6.45) is 1.83. The minimum atomic E-state index is -0.172. The van der Waals surface area contributed by atoms with Gasteiger partial charge in [0.15, 0.2) is 0 Å². The molecule has 22 heavy (non-hydrogen) atoms. The molecule has 0 rings (SSSR count). The molecule has 0 aliphatic heterocycles. The predicted molar refractivity (Wildman–Crippen MR) is 85.0 cm³/mol. The van der Waals surface area contributed by atoms with Crippen molar-refractivity contribution >= 4 is 12.1 Å². The first-order chi connectivity index (χ1) is 10.7. The number of amides is 4. The fourth-order valence-corrected chi connectivity index (χ4v) is 1.40. The summed E-state index contributed by atoms with van der Waals surface area (Å²) in [7, 11) is 0. The Morgan fingerprint density at radius 3 is 1.36 bits per heavy atom. The molecule has 8 heteroatoms. The molecule has 0 aromatic carbocycles. The number of urea groups is 2. The van der Waals surface area contributed by atoms with Crippen molar-refractivity contribution in [2.75, 3.05) is 52.6 Å². The molecule has 8 nitrogen and oxygen atoms in total. The van der Waals surface area contributed by atoms with Crippen LogP contribution in [0.1, 0.15) is 26.7 Å². The number of nitrogens with one attached hydrogen (secondary N) is 4. The molecule has 0 aromatic heterocycles. The molecule has 130 valence electrons. The van der Waals surface area contributed by atoms with Gasteiger partial charge in [-0.1, -0.05) is 13.8 Å². The lowest BCUT2D eigenvalue weighted by atomic mass is 10.5. The zero-order valence-electron chi connectivity index (χ0n) is 13.7. The first-order valence-electron chi connectivity index (χ1n) is 7.89. The van der Waals surface area contributed by atoms with Crippen LogP contribution in [0.2, 0.25) is 0 Å². The molecule has 0 bridgehead atoms. The van der Waals surface area contributed by atoms with Crippen molar-refractivity contribution < 1.29 is 19.1 Å². The van der Waals surface area contributed by atoms with Gasteiger partial charge in [0.25, 0.3) is 0 Å². The summed E-state index contributed by atoms with van der Waals surface area (Å²) >= 11 is 0. The third-order valence-electron chi connectivity index (χ3n) is 2.51. The van der Waals surface area contributed by atoms with Crippen LogP contribution in [-0.4, -0.2) is 64.7 Å². The fourth-order valence-electron chi connectivity index (χ4n) is 1.40. The molecule has 0 spiro atoms. The molecule has 0 aliphatic rings. The molecular formula is C14H30N4O4. The van der Waals surface area contributed by atoms with Gasteiger partial charge >= 0.3 is 12.1 Å². The van der Waals surface area contributed by atoms with Crippen LogP contribution in [-0.2, 0) is 9.47 Å². The summed E-state index contributed by atoms with van der Waals surface area (Å²) in [5, 5.41) is 10.8. The van der Waals surface area contributed by atoms with Crippen LogP contribution in [0.4, 0.5) is 9.59 Å². The van der Waals surface area contributed by atoms with E-state index in [-0.39, 0.29) is 12.1 Å². The number of carbonyl (C=O) groups is 2. The Bertz CT molecular complexity index is 262. The molecule has 0 aromatic rings. The normalized spacial score (nSPS) is 10.1. The van der Waals surface area contributed by atoms with E-state index >= 15 is 0 Å². The SMILES string of the molecule is CCCNC(=O)NCCOCCOCCNC(=O)NCCC. The van der Waals surface area contributed by atoms with Crippen molar-refractivity contribution in [3.8, 4) is 0 Å². The largest absolute Gasteiger partial charge is 0.377 e. The minimum Gasteiger partial charge on any atom is -0.377 e. The van der Waals surface area contributed by atoms with Gasteiger partial charge in [-0.15, -0.1) is 0 Å². The van der Waals surface area contributed by atoms with E-state index in [0.29, 0.717) is 52.6 Å². The second-order valence-corrected chi connectivity index (χ2v) is 4.59. The number of hydrogen-bond acceptors (Lipinski definition) is 4. The Kier molecular flexibility index (Phi) is 14.7. The first kappa shape index (κ1) is 20.5. The molecule has 0 atom stereocenters. The van der Waals surface area contributed by atoms with Gasteiger partial charge in [0.2, 0.25) is 0 Å². The van der Waals surface area contributed by atoms with Gasteiger partial charge in [-0.05, 0) is 12.8 Å². The highest BCUT2D eigenvalue weighted by Crippen LogP contribution is 1.79. The highest BCUT2D eigenvalue weighted by atomic mass is 16.5.